The van der Waals surface area contributed by atoms with Gasteiger partial charge in [0.05, 0.1) is 20.3 Å². The third kappa shape index (κ3) is 3.45. The van der Waals surface area contributed by atoms with Crippen molar-refractivity contribution < 1.29 is 23.7 Å². The second-order valence-electron chi connectivity index (χ2n) is 6.72. The number of rotatable bonds is 6. The summed E-state index contributed by atoms with van der Waals surface area (Å²) < 4.78 is 23.2. The number of hydrogen-bond acceptors (Lipinski definition) is 5. The minimum absolute atomic E-state index is 0.323. The normalized spacial score (nSPS) is 21.7. The highest BCUT2D eigenvalue weighted by Gasteiger charge is 2.52. The molecule has 1 atom stereocenters. The second-order valence-corrected chi connectivity index (χ2v) is 6.72. The molecular formula is C21H28O5. The van der Waals surface area contributed by atoms with Gasteiger partial charge >= 0.3 is 5.97 Å². The highest BCUT2D eigenvalue weighted by molar-refractivity contribution is 5.91. The molecule has 142 valence electrons. The first-order valence-electron chi connectivity index (χ1n) is 9.51. The van der Waals surface area contributed by atoms with Gasteiger partial charge < -0.3 is 18.9 Å². The van der Waals surface area contributed by atoms with E-state index < -0.39 is 11.7 Å². The van der Waals surface area contributed by atoms with E-state index in [1.54, 1.807) is 7.11 Å². The van der Waals surface area contributed by atoms with Gasteiger partial charge in [0.15, 0.2) is 0 Å². The summed E-state index contributed by atoms with van der Waals surface area (Å²) in [4.78, 5) is 12.8. The molecule has 0 unspecified atom stereocenters. The number of esters is 1. The van der Waals surface area contributed by atoms with E-state index in [1.165, 1.54) is 6.42 Å². The molecule has 26 heavy (non-hydrogen) atoms. The molecule has 1 aromatic rings. The van der Waals surface area contributed by atoms with Crippen molar-refractivity contribution in [3.05, 3.63) is 41.2 Å². The largest absolute Gasteiger partial charge is 0.497 e. The summed E-state index contributed by atoms with van der Waals surface area (Å²) >= 11 is 0. The van der Waals surface area contributed by atoms with Crippen LogP contribution in [0, 0.1) is 0 Å². The lowest BCUT2D eigenvalue weighted by atomic mass is 9.83. The van der Waals surface area contributed by atoms with Crippen molar-refractivity contribution in [2.24, 2.45) is 0 Å². The van der Waals surface area contributed by atoms with Crippen molar-refractivity contribution in [1.82, 2.24) is 0 Å². The van der Waals surface area contributed by atoms with E-state index in [0.717, 1.165) is 37.0 Å². The number of hydrogen-bond donors (Lipinski definition) is 0. The minimum Gasteiger partial charge on any atom is -0.497 e. The van der Waals surface area contributed by atoms with Gasteiger partial charge in [0.1, 0.15) is 28.8 Å². The van der Waals surface area contributed by atoms with Crippen molar-refractivity contribution in [1.29, 1.82) is 0 Å². The molecular weight excluding hydrogens is 332 g/mol. The summed E-state index contributed by atoms with van der Waals surface area (Å²) in [7, 11) is 1.63. The molecule has 1 fully saturated rings. The topological polar surface area (TPSA) is 54.0 Å². The second kappa shape index (κ2) is 8.12. The van der Waals surface area contributed by atoms with Crippen LogP contribution in [0.2, 0.25) is 0 Å². The maximum absolute atomic E-state index is 12.8. The zero-order valence-corrected chi connectivity index (χ0v) is 15.9. The molecule has 1 aliphatic carbocycles. The molecule has 0 radical (unpaired) electrons. The summed E-state index contributed by atoms with van der Waals surface area (Å²) in [5.41, 5.74) is 0.912. The van der Waals surface area contributed by atoms with Crippen LogP contribution >= 0.6 is 0 Å². The van der Waals surface area contributed by atoms with Crippen LogP contribution in [-0.2, 0) is 19.0 Å². The van der Waals surface area contributed by atoms with Crippen LogP contribution < -0.4 is 4.74 Å². The average molecular weight is 360 g/mol. The zero-order chi connectivity index (χ0) is 18.6. The van der Waals surface area contributed by atoms with Crippen molar-refractivity contribution >= 4 is 5.97 Å². The zero-order valence-electron chi connectivity index (χ0n) is 15.9. The third-order valence-electron chi connectivity index (χ3n) is 5.13. The summed E-state index contributed by atoms with van der Waals surface area (Å²) in [6.07, 6.45) is 4.60. The Labute approximate surface area is 155 Å². The van der Waals surface area contributed by atoms with E-state index >= 15 is 0 Å². The SMILES string of the molecule is CCOC(=O)C1=C(OCC)C2(CCCCC2)O[C@H]1c1ccc(OC)cc1. The van der Waals surface area contributed by atoms with Gasteiger partial charge in [0.25, 0.3) is 0 Å². The Balaban J connectivity index is 2.05. The highest BCUT2D eigenvalue weighted by atomic mass is 16.6. The lowest BCUT2D eigenvalue weighted by molar-refractivity contribution is -0.140. The fourth-order valence-corrected chi connectivity index (χ4v) is 3.95. The van der Waals surface area contributed by atoms with E-state index in [1.807, 2.05) is 38.1 Å². The first-order valence-corrected chi connectivity index (χ1v) is 9.51. The third-order valence-corrected chi connectivity index (χ3v) is 5.13. The lowest BCUT2D eigenvalue weighted by Gasteiger charge is -2.35. The quantitative estimate of drug-likeness (QED) is 0.707. The summed E-state index contributed by atoms with van der Waals surface area (Å²) in [6, 6.07) is 7.64. The number of carbonyl (C=O) groups is 1. The predicted octanol–water partition coefficient (Wildman–Crippen LogP) is 4.32. The Morgan fingerprint density at radius 2 is 1.81 bits per heavy atom. The van der Waals surface area contributed by atoms with Crippen LogP contribution in [0.15, 0.2) is 35.6 Å². The Hall–Kier alpha value is -2.01. The fourth-order valence-electron chi connectivity index (χ4n) is 3.95. The van der Waals surface area contributed by atoms with Gasteiger partial charge in [0.2, 0.25) is 0 Å². The molecule has 2 aliphatic rings. The van der Waals surface area contributed by atoms with Crippen LogP contribution in [0.4, 0.5) is 0 Å². The molecule has 1 saturated carbocycles. The Morgan fingerprint density at radius 1 is 1.12 bits per heavy atom. The standard InChI is InChI=1S/C21H28O5/c1-4-24-19-17(20(22)25-5-2)18(15-9-11-16(23-3)12-10-15)26-21(19)13-7-6-8-14-21/h9-12,18H,4-8,13-14H2,1-3H3/t18-/m0/s1. The van der Waals surface area contributed by atoms with Gasteiger partial charge in [-0.05, 0) is 44.4 Å². The van der Waals surface area contributed by atoms with E-state index in [2.05, 4.69) is 0 Å². The van der Waals surface area contributed by atoms with Gasteiger partial charge in [0, 0.05) is 0 Å². The summed E-state index contributed by atoms with van der Waals surface area (Å²) in [6.45, 7) is 4.57. The minimum atomic E-state index is -0.513. The molecule has 1 aliphatic heterocycles. The lowest BCUT2D eigenvalue weighted by Crippen LogP contribution is -2.35. The van der Waals surface area contributed by atoms with Crippen LogP contribution in [-0.4, -0.2) is 31.9 Å². The van der Waals surface area contributed by atoms with Crippen LogP contribution in [0.1, 0.15) is 57.6 Å². The van der Waals surface area contributed by atoms with Gasteiger partial charge in [-0.3, -0.25) is 0 Å². The van der Waals surface area contributed by atoms with Gasteiger partial charge in [-0.1, -0.05) is 31.4 Å². The van der Waals surface area contributed by atoms with E-state index in [0.29, 0.717) is 24.5 Å². The number of ether oxygens (including phenoxy) is 4. The smallest absolute Gasteiger partial charge is 0.340 e. The average Bonchev–Trinajstić information content (AvgIpc) is 2.97. The Kier molecular flexibility index (Phi) is 5.87. The van der Waals surface area contributed by atoms with Crippen LogP contribution in [0.3, 0.4) is 0 Å². The molecule has 0 saturated heterocycles. The van der Waals surface area contributed by atoms with Crippen molar-refractivity contribution in [3.8, 4) is 5.75 Å². The van der Waals surface area contributed by atoms with Crippen molar-refractivity contribution in [2.45, 2.75) is 57.7 Å². The number of carbonyl (C=O) groups excluding carboxylic acids is 1. The molecule has 5 heteroatoms. The molecule has 5 nitrogen and oxygen atoms in total. The van der Waals surface area contributed by atoms with E-state index in [4.69, 9.17) is 18.9 Å². The highest BCUT2D eigenvalue weighted by Crippen LogP contribution is 2.51. The van der Waals surface area contributed by atoms with Gasteiger partial charge in [-0.2, -0.15) is 0 Å². The van der Waals surface area contributed by atoms with E-state index in [-0.39, 0.29) is 5.97 Å². The summed E-state index contributed by atoms with van der Waals surface area (Å²) in [5.74, 6) is 1.10. The molecule has 0 N–H and O–H groups in total. The molecule has 0 amide bonds. The number of methoxy groups -OCH3 is 1. The maximum atomic E-state index is 12.8. The fraction of sp³-hybridized carbons (Fsp3) is 0.571. The monoisotopic (exact) mass is 360 g/mol. The summed E-state index contributed by atoms with van der Waals surface area (Å²) in [5, 5.41) is 0. The predicted molar refractivity (Wildman–Crippen MR) is 97.9 cm³/mol. The van der Waals surface area contributed by atoms with Gasteiger partial charge in [-0.25, -0.2) is 4.79 Å². The first kappa shape index (κ1) is 18.8. The number of benzene rings is 1. The molecule has 1 aromatic carbocycles. The molecule has 1 spiro atoms. The van der Waals surface area contributed by atoms with Gasteiger partial charge in [-0.15, -0.1) is 0 Å². The van der Waals surface area contributed by atoms with E-state index in [9.17, 15) is 4.79 Å². The van der Waals surface area contributed by atoms with Crippen molar-refractivity contribution in [3.63, 3.8) is 0 Å². The molecule has 0 bridgehead atoms. The molecule has 3 rings (SSSR count). The van der Waals surface area contributed by atoms with Crippen LogP contribution in [0.5, 0.6) is 5.75 Å². The Morgan fingerprint density at radius 3 is 2.38 bits per heavy atom. The molecule has 0 aromatic heterocycles. The van der Waals surface area contributed by atoms with Crippen LogP contribution in [0.25, 0.3) is 0 Å². The Bertz CT molecular complexity index is 655. The maximum Gasteiger partial charge on any atom is 0.340 e. The first-order chi connectivity index (χ1) is 12.6. The van der Waals surface area contributed by atoms with Crippen molar-refractivity contribution in [2.75, 3.05) is 20.3 Å². The molecule has 1 heterocycles.